The Morgan fingerprint density at radius 1 is 1.04 bits per heavy atom. The van der Waals surface area contributed by atoms with Crippen LogP contribution in [0.5, 0.6) is 5.75 Å². The molecule has 0 fully saturated rings. The highest BCUT2D eigenvalue weighted by Gasteiger charge is 2.25. The van der Waals surface area contributed by atoms with Gasteiger partial charge < -0.3 is 4.74 Å². The lowest BCUT2D eigenvalue weighted by Crippen LogP contribution is -2.44. The van der Waals surface area contributed by atoms with E-state index in [0.717, 1.165) is 0 Å². The minimum Gasteiger partial charge on any atom is -0.415 e. The van der Waals surface area contributed by atoms with Gasteiger partial charge in [-0.25, -0.2) is 9.18 Å². The summed E-state index contributed by atoms with van der Waals surface area (Å²) in [5, 5.41) is 0. The minimum atomic E-state index is -0.793. The maximum absolute atomic E-state index is 13.6. The Kier molecular flexibility index (Phi) is 4.89. The summed E-state index contributed by atoms with van der Waals surface area (Å²) in [4.78, 5) is 28.6. The summed E-state index contributed by atoms with van der Waals surface area (Å²) in [5.41, 5.74) is 0.579. The molecule has 0 N–H and O–H groups in total. The highest BCUT2D eigenvalue weighted by Crippen LogP contribution is 2.16. The number of benzene rings is 2. The number of nitrogens with zero attached hydrogens (tertiary/aromatic N) is 2. The fourth-order valence-corrected chi connectivity index (χ4v) is 2.24. The van der Waals surface area contributed by atoms with Crippen molar-refractivity contribution in [1.29, 1.82) is 0 Å². The quantitative estimate of drug-likeness (QED) is 0.311. The van der Waals surface area contributed by atoms with Gasteiger partial charge in [0.2, 0.25) is 12.3 Å². The molecule has 3 aromatic rings. The maximum atomic E-state index is 13.6. The van der Waals surface area contributed by atoms with Crippen LogP contribution in [-0.2, 0) is 6.54 Å². The smallest absolute Gasteiger partial charge is 0.410 e. The molecule has 0 amide bonds. The van der Waals surface area contributed by atoms with E-state index in [9.17, 15) is 14.0 Å². The Morgan fingerprint density at radius 3 is 2.52 bits per heavy atom. The zero-order valence-corrected chi connectivity index (χ0v) is 13.1. The molecule has 0 atom stereocenters. The third kappa shape index (κ3) is 3.92. The standard InChI is InChI=1S/C19H14FN2O3/c20-15-8-4-5-9-18(15)25-19(24)16-12-21-10-11-22(16)13-17(23)14-6-2-1-3-7-14/h1-12H,13H2/q+1. The third-order valence-corrected chi connectivity index (χ3v) is 3.50. The van der Waals surface area contributed by atoms with Gasteiger partial charge in [0, 0.05) is 5.56 Å². The van der Waals surface area contributed by atoms with E-state index in [1.54, 1.807) is 30.3 Å². The third-order valence-electron chi connectivity index (χ3n) is 3.50. The molecule has 3 rings (SSSR count). The molecule has 0 radical (unpaired) electrons. The van der Waals surface area contributed by atoms with Crippen molar-refractivity contribution in [3.63, 3.8) is 0 Å². The molecule has 0 spiro atoms. The van der Waals surface area contributed by atoms with Crippen LogP contribution in [0.15, 0.2) is 73.2 Å². The van der Waals surface area contributed by atoms with E-state index in [-0.39, 0.29) is 23.8 Å². The summed E-state index contributed by atoms with van der Waals surface area (Å²) in [7, 11) is 0. The van der Waals surface area contributed by atoms with Gasteiger partial charge in [0.25, 0.3) is 0 Å². The second kappa shape index (κ2) is 7.44. The second-order valence-corrected chi connectivity index (χ2v) is 5.20. The van der Waals surface area contributed by atoms with Crippen molar-refractivity contribution in [2.45, 2.75) is 6.54 Å². The van der Waals surface area contributed by atoms with Crippen LogP contribution in [0.25, 0.3) is 0 Å². The number of hydrogen-bond donors (Lipinski definition) is 0. The average molecular weight is 337 g/mol. The van der Waals surface area contributed by atoms with Crippen LogP contribution in [0.3, 0.4) is 0 Å². The van der Waals surface area contributed by atoms with Crippen LogP contribution < -0.4 is 9.30 Å². The summed E-state index contributed by atoms with van der Waals surface area (Å²) >= 11 is 0. The average Bonchev–Trinajstić information content (AvgIpc) is 2.64. The predicted molar refractivity (Wildman–Crippen MR) is 86.6 cm³/mol. The molecule has 0 saturated carbocycles. The van der Waals surface area contributed by atoms with E-state index in [2.05, 4.69) is 4.98 Å². The Balaban J connectivity index is 1.82. The number of esters is 1. The molecule has 0 saturated heterocycles. The number of para-hydroxylation sites is 1. The van der Waals surface area contributed by atoms with Crippen LogP contribution in [-0.4, -0.2) is 16.7 Å². The van der Waals surface area contributed by atoms with Gasteiger partial charge >= 0.3 is 11.7 Å². The summed E-state index contributed by atoms with van der Waals surface area (Å²) in [6, 6.07) is 14.3. The molecule has 124 valence electrons. The zero-order valence-electron chi connectivity index (χ0n) is 13.1. The van der Waals surface area contributed by atoms with Crippen LogP contribution in [0.2, 0.25) is 0 Å². The Hall–Kier alpha value is -3.41. The fourth-order valence-electron chi connectivity index (χ4n) is 2.24. The summed E-state index contributed by atoms with van der Waals surface area (Å²) in [5.74, 6) is -1.79. The van der Waals surface area contributed by atoms with Crippen LogP contribution in [0.1, 0.15) is 20.8 Å². The lowest BCUT2D eigenvalue weighted by atomic mass is 10.1. The second-order valence-electron chi connectivity index (χ2n) is 5.20. The molecule has 0 aliphatic heterocycles. The molecule has 0 aliphatic carbocycles. The molecular formula is C19H14FN2O3+. The highest BCUT2D eigenvalue weighted by atomic mass is 19.1. The van der Waals surface area contributed by atoms with Gasteiger partial charge in [0.1, 0.15) is 6.20 Å². The van der Waals surface area contributed by atoms with Crippen molar-refractivity contribution in [3.8, 4) is 5.75 Å². The summed E-state index contributed by atoms with van der Waals surface area (Å²) < 4.78 is 20.1. The van der Waals surface area contributed by atoms with E-state index in [0.29, 0.717) is 5.56 Å². The van der Waals surface area contributed by atoms with Crippen LogP contribution >= 0.6 is 0 Å². The lowest BCUT2D eigenvalue weighted by Gasteiger charge is -2.05. The van der Waals surface area contributed by atoms with Crippen molar-refractivity contribution in [1.82, 2.24) is 4.98 Å². The molecule has 6 heteroatoms. The van der Waals surface area contributed by atoms with E-state index in [1.807, 2.05) is 6.07 Å². The number of ketones is 1. The van der Waals surface area contributed by atoms with Gasteiger partial charge in [-0.2, -0.15) is 4.57 Å². The molecule has 0 aliphatic rings. The van der Waals surface area contributed by atoms with E-state index in [4.69, 9.17) is 4.74 Å². The number of Topliss-reactive ketones (excluding diaryl/α,β-unsaturated/α-hetero) is 1. The number of aromatic nitrogens is 2. The van der Waals surface area contributed by atoms with E-state index >= 15 is 0 Å². The Morgan fingerprint density at radius 2 is 1.76 bits per heavy atom. The first-order valence-corrected chi connectivity index (χ1v) is 7.53. The summed E-state index contributed by atoms with van der Waals surface area (Å²) in [6.45, 7) is -0.0613. The normalized spacial score (nSPS) is 10.3. The van der Waals surface area contributed by atoms with Crippen LogP contribution in [0.4, 0.5) is 4.39 Å². The topological polar surface area (TPSA) is 60.1 Å². The molecule has 5 nitrogen and oxygen atoms in total. The van der Waals surface area contributed by atoms with E-state index in [1.165, 1.54) is 41.4 Å². The predicted octanol–water partition coefficient (Wildman–Crippen LogP) is 2.61. The summed E-state index contributed by atoms with van der Waals surface area (Å²) in [6.07, 6.45) is 4.23. The maximum Gasteiger partial charge on any atom is 0.410 e. The molecule has 1 aromatic heterocycles. The highest BCUT2D eigenvalue weighted by molar-refractivity contribution is 5.95. The number of ether oxygens (including phenoxy) is 1. The molecule has 1 heterocycles. The fraction of sp³-hybridized carbons (Fsp3) is 0.0526. The SMILES string of the molecule is O=C(C[n+]1ccncc1C(=O)Oc1ccccc1F)c1ccccc1. The number of hydrogen-bond acceptors (Lipinski definition) is 4. The van der Waals surface area contributed by atoms with Gasteiger partial charge in [-0.05, 0) is 12.1 Å². The van der Waals surface area contributed by atoms with E-state index < -0.39 is 11.8 Å². The van der Waals surface area contributed by atoms with Crippen molar-refractivity contribution < 1.29 is 23.3 Å². The van der Waals surface area contributed by atoms with Gasteiger partial charge in [0.05, 0.1) is 6.20 Å². The molecule has 0 unspecified atom stereocenters. The van der Waals surface area contributed by atoms with Crippen molar-refractivity contribution >= 4 is 11.8 Å². The Labute approximate surface area is 143 Å². The zero-order chi connectivity index (χ0) is 17.6. The van der Waals surface area contributed by atoms with Gasteiger partial charge in [-0.3, -0.25) is 9.78 Å². The minimum absolute atomic E-state index is 0.0510. The largest absolute Gasteiger partial charge is 0.415 e. The number of halogens is 1. The monoisotopic (exact) mass is 337 g/mol. The number of carbonyl (C=O) groups excluding carboxylic acids is 2. The van der Waals surface area contributed by atoms with Gasteiger partial charge in [-0.15, -0.1) is 0 Å². The molecule has 2 aromatic carbocycles. The first-order chi connectivity index (χ1) is 12.1. The van der Waals surface area contributed by atoms with Crippen molar-refractivity contribution in [2.75, 3.05) is 0 Å². The first kappa shape index (κ1) is 16.4. The van der Waals surface area contributed by atoms with Gasteiger partial charge in [-0.1, -0.05) is 42.5 Å². The Bertz CT molecular complexity index is 913. The molecule has 0 bridgehead atoms. The number of carbonyl (C=O) groups is 2. The number of rotatable bonds is 5. The van der Waals surface area contributed by atoms with Gasteiger partial charge in [0.15, 0.2) is 17.8 Å². The first-order valence-electron chi connectivity index (χ1n) is 7.53. The lowest BCUT2D eigenvalue weighted by molar-refractivity contribution is -0.686. The van der Waals surface area contributed by atoms with Crippen molar-refractivity contribution in [3.05, 3.63) is 90.3 Å². The van der Waals surface area contributed by atoms with Crippen molar-refractivity contribution in [2.24, 2.45) is 0 Å². The van der Waals surface area contributed by atoms with Crippen LogP contribution in [0, 0.1) is 5.82 Å². The molecular weight excluding hydrogens is 323 g/mol. The molecule has 25 heavy (non-hydrogen) atoms.